The predicted molar refractivity (Wildman–Crippen MR) is 125 cm³/mol. The maximum absolute atomic E-state index is 13.4. The molecule has 0 aliphatic carbocycles. The largest absolute Gasteiger partial charge is 0.507 e. The van der Waals surface area contributed by atoms with E-state index in [0.29, 0.717) is 11.3 Å². The van der Waals surface area contributed by atoms with Gasteiger partial charge < -0.3 is 9.84 Å². The molecule has 1 atom stereocenters. The number of carbonyl (C=O) groups is 3. The summed E-state index contributed by atoms with van der Waals surface area (Å²) in [6, 6.07) is 11.1. The fraction of sp³-hybridized carbons (Fsp3) is 0.200. The van der Waals surface area contributed by atoms with Crippen LogP contribution in [0.15, 0.2) is 54.1 Å². The van der Waals surface area contributed by atoms with Crippen LogP contribution in [0.25, 0.3) is 5.76 Å². The van der Waals surface area contributed by atoms with E-state index in [1.54, 1.807) is 26.0 Å². The molecule has 0 radical (unpaired) electrons. The predicted octanol–water partition coefficient (Wildman–Crippen LogP) is 4.70. The molecule has 174 valence electrons. The molecule has 2 aromatic carbocycles. The first-order chi connectivity index (χ1) is 16.2. The molecule has 0 bridgehead atoms. The standard InChI is InChI=1S/C25H21FN2O5S/c1-4-33-24(32)22-14(3)27-25(34-22)28-19(15-7-5-13(2)6-8-15)18(21(30)23(28)31)20(29)16-9-11-17(26)12-10-16/h5-12,19,29H,4H2,1-3H3/b20-18-. The van der Waals surface area contributed by atoms with Crippen molar-refractivity contribution < 1.29 is 28.6 Å². The number of anilines is 1. The molecule has 2 heterocycles. The van der Waals surface area contributed by atoms with Gasteiger partial charge in [0.25, 0.3) is 5.78 Å². The van der Waals surface area contributed by atoms with Crippen LogP contribution in [0.1, 0.15) is 45.0 Å². The highest BCUT2D eigenvalue weighted by Crippen LogP contribution is 2.44. The van der Waals surface area contributed by atoms with E-state index in [0.717, 1.165) is 29.0 Å². The summed E-state index contributed by atoms with van der Waals surface area (Å²) in [6.07, 6.45) is 0. The molecular weight excluding hydrogens is 459 g/mol. The van der Waals surface area contributed by atoms with E-state index in [1.807, 2.05) is 19.1 Å². The molecule has 1 saturated heterocycles. The summed E-state index contributed by atoms with van der Waals surface area (Å²) in [6.45, 7) is 5.37. The van der Waals surface area contributed by atoms with Gasteiger partial charge in [-0.05, 0) is 50.6 Å². The summed E-state index contributed by atoms with van der Waals surface area (Å²) in [5.74, 6) is -3.29. The summed E-state index contributed by atoms with van der Waals surface area (Å²) in [5.41, 5.74) is 1.94. The van der Waals surface area contributed by atoms with E-state index in [4.69, 9.17) is 4.74 Å². The Hall–Kier alpha value is -3.85. The number of Topliss-reactive ketones (excluding diaryl/α,β-unsaturated/α-hetero) is 1. The van der Waals surface area contributed by atoms with Crippen molar-refractivity contribution in [1.29, 1.82) is 0 Å². The van der Waals surface area contributed by atoms with Crippen molar-refractivity contribution in [2.24, 2.45) is 0 Å². The number of carbonyl (C=O) groups excluding carboxylic acids is 3. The lowest BCUT2D eigenvalue weighted by molar-refractivity contribution is -0.132. The number of aryl methyl sites for hydroxylation is 2. The van der Waals surface area contributed by atoms with Gasteiger partial charge >= 0.3 is 11.9 Å². The van der Waals surface area contributed by atoms with Crippen LogP contribution in [-0.2, 0) is 14.3 Å². The Morgan fingerprint density at radius 3 is 2.38 bits per heavy atom. The molecule has 1 aliphatic heterocycles. The minimum absolute atomic E-state index is 0.131. The number of thiazole rings is 1. The van der Waals surface area contributed by atoms with E-state index in [2.05, 4.69) is 4.98 Å². The number of halogens is 1. The molecule has 9 heteroatoms. The average molecular weight is 481 g/mol. The third kappa shape index (κ3) is 4.10. The summed E-state index contributed by atoms with van der Waals surface area (Å²) in [4.78, 5) is 44.4. The lowest BCUT2D eigenvalue weighted by Crippen LogP contribution is -2.29. The molecule has 1 aromatic heterocycles. The first kappa shape index (κ1) is 23.3. The number of aromatic nitrogens is 1. The van der Waals surface area contributed by atoms with Gasteiger partial charge in [-0.2, -0.15) is 0 Å². The topological polar surface area (TPSA) is 96.8 Å². The minimum Gasteiger partial charge on any atom is -0.507 e. The van der Waals surface area contributed by atoms with Crippen LogP contribution < -0.4 is 4.90 Å². The molecule has 7 nitrogen and oxygen atoms in total. The summed E-state index contributed by atoms with van der Waals surface area (Å²) < 4.78 is 18.5. The number of ether oxygens (including phenoxy) is 1. The Labute approximate surface area is 199 Å². The highest BCUT2D eigenvalue weighted by Gasteiger charge is 2.48. The first-order valence-corrected chi connectivity index (χ1v) is 11.3. The highest BCUT2D eigenvalue weighted by molar-refractivity contribution is 7.17. The number of nitrogens with zero attached hydrogens (tertiary/aromatic N) is 2. The monoisotopic (exact) mass is 480 g/mol. The lowest BCUT2D eigenvalue weighted by Gasteiger charge is -2.23. The minimum atomic E-state index is -0.994. The molecule has 0 spiro atoms. The Kier molecular flexibility index (Phi) is 6.30. The van der Waals surface area contributed by atoms with E-state index >= 15 is 0 Å². The van der Waals surface area contributed by atoms with E-state index < -0.39 is 35.3 Å². The van der Waals surface area contributed by atoms with Crippen molar-refractivity contribution in [2.45, 2.75) is 26.8 Å². The van der Waals surface area contributed by atoms with E-state index in [1.165, 1.54) is 17.0 Å². The number of amides is 1. The normalized spacial score (nSPS) is 17.3. The zero-order valence-corrected chi connectivity index (χ0v) is 19.5. The fourth-order valence-corrected chi connectivity index (χ4v) is 4.72. The molecule has 1 aliphatic rings. The average Bonchev–Trinajstić information content (AvgIpc) is 3.31. The highest BCUT2D eigenvalue weighted by atomic mass is 32.1. The quantitative estimate of drug-likeness (QED) is 0.246. The number of aliphatic hydroxyl groups excluding tert-OH is 1. The second kappa shape index (κ2) is 9.18. The maximum Gasteiger partial charge on any atom is 0.350 e. The number of esters is 1. The molecule has 1 fully saturated rings. The Balaban J connectivity index is 1.90. The van der Waals surface area contributed by atoms with Crippen LogP contribution in [0.5, 0.6) is 0 Å². The van der Waals surface area contributed by atoms with Crippen LogP contribution in [-0.4, -0.2) is 34.4 Å². The zero-order valence-electron chi connectivity index (χ0n) is 18.7. The molecule has 3 aromatic rings. The number of benzene rings is 2. The van der Waals surface area contributed by atoms with Gasteiger partial charge in [-0.3, -0.25) is 14.5 Å². The lowest BCUT2D eigenvalue weighted by atomic mass is 9.95. The fourth-order valence-electron chi connectivity index (χ4n) is 3.73. The van der Waals surface area contributed by atoms with Crippen LogP contribution in [0.4, 0.5) is 9.52 Å². The molecule has 34 heavy (non-hydrogen) atoms. The summed E-state index contributed by atoms with van der Waals surface area (Å²) in [7, 11) is 0. The second-order valence-corrected chi connectivity index (χ2v) is 8.70. The number of rotatable bonds is 5. The van der Waals surface area contributed by atoms with Crippen LogP contribution >= 0.6 is 11.3 Å². The smallest absolute Gasteiger partial charge is 0.350 e. The number of hydrogen-bond acceptors (Lipinski definition) is 7. The molecule has 1 amide bonds. The number of ketones is 1. The molecular formula is C25H21FN2O5S. The molecule has 1 unspecified atom stereocenters. The third-order valence-electron chi connectivity index (χ3n) is 5.41. The van der Waals surface area contributed by atoms with E-state index in [9.17, 15) is 23.9 Å². The van der Waals surface area contributed by atoms with Gasteiger partial charge in [0.2, 0.25) is 0 Å². The van der Waals surface area contributed by atoms with Gasteiger partial charge in [0.15, 0.2) is 5.13 Å². The zero-order chi connectivity index (χ0) is 24.6. The molecule has 4 rings (SSSR count). The van der Waals surface area contributed by atoms with Gasteiger partial charge in [0.05, 0.1) is 23.9 Å². The number of aliphatic hydroxyl groups is 1. The van der Waals surface area contributed by atoms with Gasteiger partial charge in [0, 0.05) is 5.56 Å². The Bertz CT molecular complexity index is 1310. The van der Waals surface area contributed by atoms with Gasteiger partial charge in [-0.15, -0.1) is 0 Å². The first-order valence-electron chi connectivity index (χ1n) is 10.5. The number of hydrogen-bond donors (Lipinski definition) is 1. The second-order valence-electron chi connectivity index (χ2n) is 7.72. The third-order valence-corrected chi connectivity index (χ3v) is 6.54. The molecule has 1 N–H and O–H groups in total. The SMILES string of the molecule is CCOC(=O)c1sc(N2C(=O)C(=O)/C(=C(\O)c3ccc(F)cc3)C2c2ccc(C)cc2)nc1C. The van der Waals surface area contributed by atoms with Crippen molar-refractivity contribution >= 4 is 39.9 Å². The molecule has 0 saturated carbocycles. The van der Waals surface area contributed by atoms with Crippen LogP contribution in [0.3, 0.4) is 0 Å². The van der Waals surface area contributed by atoms with Crippen molar-refractivity contribution in [3.8, 4) is 0 Å². The van der Waals surface area contributed by atoms with Crippen molar-refractivity contribution in [3.63, 3.8) is 0 Å². The van der Waals surface area contributed by atoms with Crippen molar-refractivity contribution in [2.75, 3.05) is 11.5 Å². The van der Waals surface area contributed by atoms with Gasteiger partial charge in [0.1, 0.15) is 16.5 Å². The van der Waals surface area contributed by atoms with E-state index in [-0.39, 0.29) is 27.8 Å². The van der Waals surface area contributed by atoms with Gasteiger partial charge in [-0.1, -0.05) is 41.2 Å². The van der Waals surface area contributed by atoms with Crippen LogP contribution in [0, 0.1) is 19.7 Å². The van der Waals surface area contributed by atoms with Crippen molar-refractivity contribution in [1.82, 2.24) is 4.98 Å². The maximum atomic E-state index is 13.4. The summed E-state index contributed by atoms with van der Waals surface area (Å²) in [5, 5.41) is 11.2. The van der Waals surface area contributed by atoms with Gasteiger partial charge in [-0.25, -0.2) is 14.2 Å². The Morgan fingerprint density at radius 2 is 1.76 bits per heavy atom. The van der Waals surface area contributed by atoms with Crippen LogP contribution in [0.2, 0.25) is 0 Å². The summed E-state index contributed by atoms with van der Waals surface area (Å²) >= 11 is 0.937. The Morgan fingerprint density at radius 1 is 1.12 bits per heavy atom. The van der Waals surface area contributed by atoms with Crippen molar-refractivity contribution in [3.05, 3.63) is 87.2 Å².